The van der Waals surface area contributed by atoms with Crippen molar-refractivity contribution < 1.29 is 0 Å². The topological polar surface area (TPSA) is 69.6 Å². The summed E-state index contributed by atoms with van der Waals surface area (Å²) >= 11 is 5.96. The quantitative estimate of drug-likeness (QED) is 0.868. The Morgan fingerprint density at radius 3 is 2.94 bits per heavy atom. The summed E-state index contributed by atoms with van der Waals surface area (Å²) in [6.07, 6.45) is 3.34. The molecule has 5 nitrogen and oxygen atoms in total. The number of halogens is 1. The Balaban J connectivity index is 2.36. The van der Waals surface area contributed by atoms with E-state index >= 15 is 0 Å². The SMILES string of the molecule is NCCCc1cc(Cl)ccc1-n1cnnn1. The lowest BCUT2D eigenvalue weighted by molar-refractivity contribution is 0.766. The lowest BCUT2D eigenvalue weighted by Gasteiger charge is -2.08. The van der Waals surface area contributed by atoms with Gasteiger partial charge in [0.05, 0.1) is 5.69 Å². The van der Waals surface area contributed by atoms with Gasteiger partial charge in [-0.05, 0) is 53.6 Å². The number of nitrogens with two attached hydrogens (primary N) is 1. The fourth-order valence-corrected chi connectivity index (χ4v) is 1.74. The van der Waals surface area contributed by atoms with Gasteiger partial charge in [0.25, 0.3) is 0 Å². The van der Waals surface area contributed by atoms with Crippen LogP contribution in [0.2, 0.25) is 5.02 Å². The van der Waals surface area contributed by atoms with E-state index in [0.717, 1.165) is 24.1 Å². The Morgan fingerprint density at radius 1 is 1.38 bits per heavy atom. The predicted molar refractivity (Wildman–Crippen MR) is 61.5 cm³/mol. The third-order valence-corrected chi connectivity index (χ3v) is 2.52. The molecule has 2 N–H and O–H groups in total. The molecule has 1 heterocycles. The molecule has 0 bridgehead atoms. The highest BCUT2D eigenvalue weighted by molar-refractivity contribution is 6.30. The van der Waals surface area contributed by atoms with E-state index in [-0.39, 0.29) is 0 Å². The standard InChI is InChI=1S/C10H12ClN5/c11-9-3-4-10(16-7-13-14-15-16)8(6-9)2-1-5-12/h3-4,6-7H,1-2,5,12H2. The molecule has 1 aromatic carbocycles. The molecule has 0 aliphatic heterocycles. The fraction of sp³-hybridized carbons (Fsp3) is 0.300. The van der Waals surface area contributed by atoms with Crippen molar-refractivity contribution in [2.45, 2.75) is 12.8 Å². The maximum absolute atomic E-state index is 5.96. The number of benzene rings is 1. The molecule has 0 amide bonds. The number of aromatic nitrogens is 4. The molecular formula is C10H12ClN5. The maximum atomic E-state index is 5.96. The molecule has 2 aromatic rings. The van der Waals surface area contributed by atoms with Crippen LogP contribution in [0.25, 0.3) is 5.69 Å². The molecule has 0 spiro atoms. The van der Waals surface area contributed by atoms with E-state index in [1.54, 1.807) is 11.0 Å². The van der Waals surface area contributed by atoms with Crippen molar-refractivity contribution in [2.24, 2.45) is 5.73 Å². The molecule has 2 rings (SSSR count). The summed E-state index contributed by atoms with van der Waals surface area (Å²) in [4.78, 5) is 0. The Morgan fingerprint density at radius 2 is 2.25 bits per heavy atom. The van der Waals surface area contributed by atoms with Gasteiger partial charge in [-0.2, -0.15) is 0 Å². The minimum Gasteiger partial charge on any atom is -0.330 e. The van der Waals surface area contributed by atoms with Crippen molar-refractivity contribution in [2.75, 3.05) is 6.54 Å². The third-order valence-electron chi connectivity index (χ3n) is 2.29. The molecule has 0 saturated heterocycles. The summed E-state index contributed by atoms with van der Waals surface area (Å²) in [6.45, 7) is 0.654. The molecule has 0 unspecified atom stereocenters. The van der Waals surface area contributed by atoms with E-state index in [2.05, 4.69) is 15.5 Å². The van der Waals surface area contributed by atoms with Crippen LogP contribution in [0.5, 0.6) is 0 Å². The van der Waals surface area contributed by atoms with E-state index < -0.39 is 0 Å². The lowest BCUT2D eigenvalue weighted by Crippen LogP contribution is -2.04. The molecule has 0 atom stereocenters. The van der Waals surface area contributed by atoms with Gasteiger partial charge in [0.15, 0.2) is 0 Å². The smallest absolute Gasteiger partial charge is 0.143 e. The van der Waals surface area contributed by atoms with Gasteiger partial charge < -0.3 is 5.73 Å². The Hall–Kier alpha value is -1.46. The summed E-state index contributed by atoms with van der Waals surface area (Å²) in [5.41, 5.74) is 7.55. The highest BCUT2D eigenvalue weighted by Gasteiger charge is 2.06. The number of hydrogen-bond donors (Lipinski definition) is 1. The number of tetrazole rings is 1. The molecule has 0 fully saturated rings. The van der Waals surface area contributed by atoms with Crippen LogP contribution < -0.4 is 5.73 Å². The summed E-state index contributed by atoms with van der Waals surface area (Å²) in [7, 11) is 0. The van der Waals surface area contributed by atoms with Crippen molar-refractivity contribution in [1.29, 1.82) is 0 Å². The molecule has 6 heteroatoms. The number of rotatable bonds is 4. The number of aryl methyl sites for hydroxylation is 1. The average molecular weight is 238 g/mol. The zero-order valence-corrected chi connectivity index (χ0v) is 9.43. The number of hydrogen-bond acceptors (Lipinski definition) is 4. The van der Waals surface area contributed by atoms with Crippen LogP contribution in [0, 0.1) is 0 Å². The first-order valence-electron chi connectivity index (χ1n) is 5.03. The molecule has 84 valence electrons. The molecule has 1 aromatic heterocycles. The van der Waals surface area contributed by atoms with Crippen LogP contribution in [0.1, 0.15) is 12.0 Å². The monoisotopic (exact) mass is 237 g/mol. The molecular weight excluding hydrogens is 226 g/mol. The first kappa shape index (κ1) is 11.0. The van der Waals surface area contributed by atoms with Crippen LogP contribution in [0.3, 0.4) is 0 Å². The van der Waals surface area contributed by atoms with Gasteiger partial charge in [0.2, 0.25) is 0 Å². The third kappa shape index (κ3) is 2.37. The van der Waals surface area contributed by atoms with E-state index in [1.165, 1.54) is 0 Å². The van der Waals surface area contributed by atoms with Crippen molar-refractivity contribution in [3.8, 4) is 5.69 Å². The van der Waals surface area contributed by atoms with Gasteiger partial charge in [-0.25, -0.2) is 4.68 Å². The van der Waals surface area contributed by atoms with E-state index in [0.29, 0.717) is 11.6 Å². The molecule has 0 saturated carbocycles. The Bertz CT molecular complexity index is 454. The lowest BCUT2D eigenvalue weighted by atomic mass is 10.1. The van der Waals surface area contributed by atoms with Crippen molar-refractivity contribution in [1.82, 2.24) is 20.2 Å². The second-order valence-electron chi connectivity index (χ2n) is 3.42. The first-order valence-corrected chi connectivity index (χ1v) is 5.41. The van der Waals surface area contributed by atoms with Gasteiger partial charge in [0.1, 0.15) is 6.33 Å². The van der Waals surface area contributed by atoms with Gasteiger partial charge in [-0.3, -0.25) is 0 Å². The first-order chi connectivity index (χ1) is 7.81. The Kier molecular flexibility index (Phi) is 3.48. The average Bonchev–Trinajstić information content (AvgIpc) is 2.80. The summed E-state index contributed by atoms with van der Waals surface area (Å²) in [5, 5.41) is 11.8. The van der Waals surface area contributed by atoms with Crippen LogP contribution in [-0.4, -0.2) is 26.8 Å². The van der Waals surface area contributed by atoms with Gasteiger partial charge in [-0.15, -0.1) is 5.10 Å². The summed E-state index contributed by atoms with van der Waals surface area (Å²) in [6, 6.07) is 5.66. The molecule has 0 aliphatic rings. The van der Waals surface area contributed by atoms with Crippen molar-refractivity contribution in [3.05, 3.63) is 35.1 Å². The summed E-state index contributed by atoms with van der Waals surface area (Å²) < 4.78 is 1.63. The van der Waals surface area contributed by atoms with Crippen LogP contribution >= 0.6 is 11.6 Å². The van der Waals surface area contributed by atoms with Gasteiger partial charge >= 0.3 is 0 Å². The Labute approximate surface area is 98.2 Å². The second kappa shape index (κ2) is 5.05. The predicted octanol–water partition coefficient (Wildman–Crippen LogP) is 1.21. The molecule has 16 heavy (non-hydrogen) atoms. The molecule has 0 radical (unpaired) electrons. The van der Waals surface area contributed by atoms with E-state index in [1.807, 2.05) is 18.2 Å². The normalized spacial score (nSPS) is 10.6. The second-order valence-corrected chi connectivity index (χ2v) is 3.86. The largest absolute Gasteiger partial charge is 0.330 e. The minimum atomic E-state index is 0.654. The van der Waals surface area contributed by atoms with Crippen LogP contribution in [0.15, 0.2) is 24.5 Å². The maximum Gasteiger partial charge on any atom is 0.143 e. The number of nitrogens with zero attached hydrogens (tertiary/aromatic N) is 4. The van der Waals surface area contributed by atoms with Gasteiger partial charge in [0, 0.05) is 5.02 Å². The fourth-order valence-electron chi connectivity index (χ4n) is 1.54. The van der Waals surface area contributed by atoms with Crippen molar-refractivity contribution >= 4 is 11.6 Å². The zero-order chi connectivity index (χ0) is 11.4. The van der Waals surface area contributed by atoms with E-state index in [9.17, 15) is 0 Å². The highest BCUT2D eigenvalue weighted by Crippen LogP contribution is 2.20. The van der Waals surface area contributed by atoms with Crippen molar-refractivity contribution in [3.63, 3.8) is 0 Å². The summed E-state index contributed by atoms with van der Waals surface area (Å²) in [5.74, 6) is 0. The van der Waals surface area contributed by atoms with Crippen LogP contribution in [-0.2, 0) is 6.42 Å². The van der Waals surface area contributed by atoms with Gasteiger partial charge in [-0.1, -0.05) is 11.6 Å². The van der Waals surface area contributed by atoms with Crippen LogP contribution in [0.4, 0.5) is 0 Å². The minimum absolute atomic E-state index is 0.654. The molecule has 0 aliphatic carbocycles. The van der Waals surface area contributed by atoms with E-state index in [4.69, 9.17) is 17.3 Å². The highest BCUT2D eigenvalue weighted by atomic mass is 35.5. The zero-order valence-electron chi connectivity index (χ0n) is 8.67.